The maximum absolute atomic E-state index is 12.6. The maximum Gasteiger partial charge on any atom is 0.269 e. The minimum atomic E-state index is -3.59. The van der Waals surface area contributed by atoms with Crippen LogP contribution in [0.1, 0.15) is 6.42 Å². The summed E-state index contributed by atoms with van der Waals surface area (Å²) in [5.74, 6) is 0.801. The molecular weight excluding hydrogens is 276 g/mol. The van der Waals surface area contributed by atoms with E-state index in [0.29, 0.717) is 12.1 Å². The van der Waals surface area contributed by atoms with Crippen LogP contribution in [0.5, 0.6) is 0 Å². The molecule has 1 aliphatic carbocycles. The summed E-state index contributed by atoms with van der Waals surface area (Å²) in [6.07, 6.45) is 5.50. The molecule has 0 spiro atoms. The number of allylic oxidation sites excluding steroid dienone is 2. The highest BCUT2D eigenvalue weighted by molar-refractivity contribution is 7.89. The van der Waals surface area contributed by atoms with Gasteiger partial charge in [-0.25, -0.2) is 12.7 Å². The SMILES string of the molecule is COC1=CC=C2C(C1)N=CN2S(=O)(=O)c1ccccc1. The van der Waals surface area contributed by atoms with Crippen LogP contribution in [0.3, 0.4) is 0 Å². The average molecular weight is 290 g/mol. The number of hydrogen-bond acceptors (Lipinski definition) is 4. The highest BCUT2D eigenvalue weighted by atomic mass is 32.2. The number of sulfonamides is 1. The molecule has 0 aromatic heterocycles. The van der Waals surface area contributed by atoms with E-state index in [4.69, 9.17) is 4.74 Å². The summed E-state index contributed by atoms with van der Waals surface area (Å²) in [5.41, 5.74) is 0.662. The van der Waals surface area contributed by atoms with Crippen molar-refractivity contribution >= 4 is 16.4 Å². The van der Waals surface area contributed by atoms with Crippen molar-refractivity contribution < 1.29 is 13.2 Å². The molecule has 20 heavy (non-hydrogen) atoms. The van der Waals surface area contributed by atoms with Crippen LogP contribution in [0.2, 0.25) is 0 Å². The van der Waals surface area contributed by atoms with E-state index >= 15 is 0 Å². The maximum atomic E-state index is 12.6. The fraction of sp³-hybridized carbons (Fsp3) is 0.214. The topological polar surface area (TPSA) is 59.0 Å². The highest BCUT2D eigenvalue weighted by Crippen LogP contribution is 2.32. The van der Waals surface area contributed by atoms with E-state index < -0.39 is 10.0 Å². The molecule has 0 bridgehead atoms. The number of rotatable bonds is 3. The minimum absolute atomic E-state index is 0.187. The van der Waals surface area contributed by atoms with Gasteiger partial charge in [-0.05, 0) is 24.3 Å². The number of methoxy groups -OCH3 is 1. The summed E-state index contributed by atoms with van der Waals surface area (Å²) in [6.45, 7) is 0. The van der Waals surface area contributed by atoms with E-state index in [0.717, 1.165) is 5.76 Å². The third kappa shape index (κ3) is 2.02. The molecular formula is C14H14N2O3S. The molecule has 0 saturated carbocycles. The van der Waals surface area contributed by atoms with Gasteiger partial charge in [-0.15, -0.1) is 0 Å². The fourth-order valence-electron chi connectivity index (χ4n) is 2.27. The molecule has 1 atom stereocenters. The van der Waals surface area contributed by atoms with Crippen molar-refractivity contribution in [3.63, 3.8) is 0 Å². The fourth-order valence-corrected chi connectivity index (χ4v) is 3.63. The summed E-state index contributed by atoms with van der Waals surface area (Å²) in [4.78, 5) is 4.52. The first kappa shape index (κ1) is 12.9. The van der Waals surface area contributed by atoms with Gasteiger partial charge in [0.2, 0.25) is 0 Å². The van der Waals surface area contributed by atoms with Crippen molar-refractivity contribution in [2.24, 2.45) is 4.99 Å². The standard InChI is InChI=1S/C14H14N2O3S/c1-19-11-7-8-14-13(9-11)15-10-16(14)20(17,18)12-5-3-2-4-6-12/h2-8,10,13H,9H2,1H3. The first-order valence-electron chi connectivity index (χ1n) is 6.20. The summed E-state index contributed by atoms with van der Waals surface area (Å²) >= 11 is 0. The molecule has 2 aliphatic rings. The molecule has 1 aromatic rings. The molecule has 0 radical (unpaired) electrons. The van der Waals surface area contributed by atoms with Crippen molar-refractivity contribution in [3.05, 3.63) is 53.9 Å². The van der Waals surface area contributed by atoms with E-state index in [1.807, 2.05) is 0 Å². The average Bonchev–Trinajstić information content (AvgIpc) is 2.91. The lowest BCUT2D eigenvalue weighted by Gasteiger charge is -2.22. The van der Waals surface area contributed by atoms with E-state index in [9.17, 15) is 8.42 Å². The molecule has 0 N–H and O–H groups in total. The van der Waals surface area contributed by atoms with Crippen LogP contribution in [0.15, 0.2) is 63.8 Å². The third-order valence-corrected chi connectivity index (χ3v) is 5.03. The van der Waals surface area contributed by atoms with Crippen molar-refractivity contribution in [2.45, 2.75) is 17.4 Å². The zero-order valence-corrected chi connectivity index (χ0v) is 11.7. The van der Waals surface area contributed by atoms with Crippen molar-refractivity contribution in [1.29, 1.82) is 0 Å². The van der Waals surface area contributed by atoms with Gasteiger partial charge in [0.25, 0.3) is 10.0 Å². The Bertz CT molecular complexity index is 705. The molecule has 1 aromatic carbocycles. The molecule has 1 aliphatic heterocycles. The Balaban J connectivity index is 1.99. The van der Waals surface area contributed by atoms with Crippen LogP contribution in [-0.4, -0.2) is 32.2 Å². The smallest absolute Gasteiger partial charge is 0.269 e. The molecule has 104 valence electrons. The third-order valence-electron chi connectivity index (χ3n) is 3.34. The second-order valence-corrected chi connectivity index (χ2v) is 6.34. The Morgan fingerprint density at radius 3 is 2.70 bits per heavy atom. The van der Waals surface area contributed by atoms with Crippen LogP contribution in [0.25, 0.3) is 0 Å². The van der Waals surface area contributed by atoms with Gasteiger partial charge in [-0.3, -0.25) is 4.99 Å². The number of fused-ring (bicyclic) bond motifs is 1. The van der Waals surface area contributed by atoms with E-state index in [1.165, 1.54) is 10.6 Å². The minimum Gasteiger partial charge on any atom is -0.501 e. The van der Waals surface area contributed by atoms with Crippen LogP contribution in [0.4, 0.5) is 0 Å². The van der Waals surface area contributed by atoms with Gasteiger partial charge in [0.15, 0.2) is 0 Å². The van der Waals surface area contributed by atoms with Crippen molar-refractivity contribution in [1.82, 2.24) is 4.31 Å². The molecule has 3 rings (SSSR count). The zero-order valence-electron chi connectivity index (χ0n) is 10.9. The molecule has 1 unspecified atom stereocenters. The first-order chi connectivity index (χ1) is 9.63. The van der Waals surface area contributed by atoms with Gasteiger partial charge in [0.1, 0.15) is 6.34 Å². The largest absolute Gasteiger partial charge is 0.501 e. The quantitative estimate of drug-likeness (QED) is 0.854. The van der Waals surface area contributed by atoms with Gasteiger partial charge in [-0.1, -0.05) is 18.2 Å². The normalized spacial score (nSPS) is 21.2. The van der Waals surface area contributed by atoms with Gasteiger partial charge in [0, 0.05) is 6.42 Å². The highest BCUT2D eigenvalue weighted by Gasteiger charge is 2.35. The van der Waals surface area contributed by atoms with Crippen molar-refractivity contribution in [3.8, 4) is 0 Å². The second kappa shape index (κ2) is 4.79. The number of benzene rings is 1. The number of aliphatic imine (C=N–C) groups is 1. The monoisotopic (exact) mass is 290 g/mol. The number of hydrogen-bond donors (Lipinski definition) is 0. The van der Waals surface area contributed by atoms with Gasteiger partial charge in [-0.2, -0.15) is 0 Å². The predicted molar refractivity (Wildman–Crippen MR) is 75.5 cm³/mol. The van der Waals surface area contributed by atoms with E-state index in [-0.39, 0.29) is 10.9 Å². The molecule has 6 heteroatoms. The lowest BCUT2D eigenvalue weighted by molar-refractivity contribution is 0.271. The van der Waals surface area contributed by atoms with Gasteiger partial charge >= 0.3 is 0 Å². The van der Waals surface area contributed by atoms with Crippen LogP contribution >= 0.6 is 0 Å². The van der Waals surface area contributed by atoms with Crippen LogP contribution in [-0.2, 0) is 14.8 Å². The lowest BCUT2D eigenvalue weighted by atomic mass is 10.1. The Morgan fingerprint density at radius 1 is 1.25 bits per heavy atom. The molecule has 0 fully saturated rings. The van der Waals surface area contributed by atoms with Crippen molar-refractivity contribution in [2.75, 3.05) is 7.11 Å². The summed E-state index contributed by atoms with van der Waals surface area (Å²) < 4.78 is 31.6. The lowest BCUT2D eigenvalue weighted by Crippen LogP contribution is -2.29. The van der Waals surface area contributed by atoms with E-state index in [2.05, 4.69) is 4.99 Å². The second-order valence-electron chi connectivity index (χ2n) is 4.53. The molecule has 0 saturated heterocycles. The zero-order chi connectivity index (χ0) is 14.2. The number of nitrogens with zero attached hydrogens (tertiary/aromatic N) is 2. The van der Waals surface area contributed by atoms with Crippen LogP contribution < -0.4 is 0 Å². The van der Waals surface area contributed by atoms with E-state index in [1.54, 1.807) is 49.6 Å². The Hall–Kier alpha value is -2.08. The number of ether oxygens (including phenoxy) is 1. The van der Waals surface area contributed by atoms with Gasteiger partial charge < -0.3 is 4.74 Å². The molecule has 1 heterocycles. The first-order valence-corrected chi connectivity index (χ1v) is 7.64. The molecule has 0 amide bonds. The summed E-state index contributed by atoms with van der Waals surface area (Å²) in [5, 5.41) is 0. The Labute approximate surface area is 117 Å². The Morgan fingerprint density at radius 2 is 2.00 bits per heavy atom. The summed E-state index contributed by atoms with van der Waals surface area (Å²) in [6, 6.07) is 8.17. The van der Waals surface area contributed by atoms with Gasteiger partial charge in [0.05, 0.1) is 29.5 Å². The predicted octanol–water partition coefficient (Wildman–Crippen LogP) is 1.91. The summed E-state index contributed by atoms with van der Waals surface area (Å²) in [7, 11) is -1.99. The molecule has 5 nitrogen and oxygen atoms in total. The van der Waals surface area contributed by atoms with Crippen LogP contribution in [0, 0.1) is 0 Å². The Kier molecular flexibility index (Phi) is 3.10.